The van der Waals surface area contributed by atoms with Gasteiger partial charge in [0.2, 0.25) is 5.91 Å². The summed E-state index contributed by atoms with van der Waals surface area (Å²) in [7, 11) is 1.62. The minimum absolute atomic E-state index is 0.0173. The molecule has 1 unspecified atom stereocenters. The molecule has 5 heteroatoms. The molecule has 24 heavy (non-hydrogen) atoms. The Morgan fingerprint density at radius 3 is 2.88 bits per heavy atom. The summed E-state index contributed by atoms with van der Waals surface area (Å²) in [5.74, 6) is 1.64. The number of nitrogens with one attached hydrogen (secondary N) is 1. The lowest BCUT2D eigenvalue weighted by atomic mass is 10.0. The first-order valence-electron chi connectivity index (χ1n) is 7.72. The van der Waals surface area contributed by atoms with Gasteiger partial charge in [0.15, 0.2) is 0 Å². The number of thiophene rings is 1. The fraction of sp³-hybridized carbons (Fsp3) is 0.211. The number of amides is 1. The van der Waals surface area contributed by atoms with Gasteiger partial charge in [0.05, 0.1) is 25.7 Å². The van der Waals surface area contributed by atoms with Crippen molar-refractivity contribution in [3.05, 3.63) is 76.4 Å². The first kappa shape index (κ1) is 16.3. The van der Waals surface area contributed by atoms with Crippen LogP contribution in [0, 0.1) is 0 Å². The van der Waals surface area contributed by atoms with Crippen LogP contribution in [0.2, 0.25) is 0 Å². The fourth-order valence-electron chi connectivity index (χ4n) is 2.57. The van der Waals surface area contributed by atoms with Crippen LogP contribution in [0.25, 0.3) is 0 Å². The predicted molar refractivity (Wildman–Crippen MR) is 94.6 cm³/mol. The van der Waals surface area contributed by atoms with Gasteiger partial charge < -0.3 is 14.5 Å². The van der Waals surface area contributed by atoms with Gasteiger partial charge in [-0.2, -0.15) is 0 Å². The van der Waals surface area contributed by atoms with Gasteiger partial charge in [0.1, 0.15) is 11.5 Å². The lowest BCUT2D eigenvalue weighted by Crippen LogP contribution is -2.29. The van der Waals surface area contributed by atoms with Crippen LogP contribution in [0.4, 0.5) is 0 Å². The van der Waals surface area contributed by atoms with Crippen molar-refractivity contribution >= 4 is 17.2 Å². The van der Waals surface area contributed by atoms with E-state index in [0.717, 1.165) is 17.1 Å². The zero-order chi connectivity index (χ0) is 16.8. The van der Waals surface area contributed by atoms with Gasteiger partial charge in [-0.25, -0.2) is 0 Å². The van der Waals surface area contributed by atoms with Crippen LogP contribution in [0.1, 0.15) is 22.1 Å². The Hall–Kier alpha value is -2.53. The summed E-state index contributed by atoms with van der Waals surface area (Å²) in [6.07, 6.45) is 1.99. The van der Waals surface area contributed by atoms with Crippen molar-refractivity contribution in [2.45, 2.75) is 12.3 Å². The minimum atomic E-state index is -0.0173. The van der Waals surface area contributed by atoms with E-state index >= 15 is 0 Å². The average molecular weight is 341 g/mol. The third kappa shape index (κ3) is 4.06. The highest BCUT2D eigenvalue weighted by Crippen LogP contribution is 2.28. The van der Waals surface area contributed by atoms with Crippen molar-refractivity contribution in [1.82, 2.24) is 5.32 Å². The number of rotatable bonds is 7. The molecule has 3 rings (SSSR count). The summed E-state index contributed by atoms with van der Waals surface area (Å²) in [5, 5.41) is 5.04. The summed E-state index contributed by atoms with van der Waals surface area (Å²) in [5.41, 5.74) is 0.928. The Kier molecular flexibility index (Phi) is 5.33. The molecule has 0 saturated heterocycles. The largest absolute Gasteiger partial charge is 0.497 e. The number of furan rings is 1. The maximum Gasteiger partial charge on any atom is 0.224 e. The zero-order valence-corrected chi connectivity index (χ0v) is 14.2. The molecule has 0 radical (unpaired) electrons. The van der Waals surface area contributed by atoms with E-state index in [0.29, 0.717) is 13.0 Å². The smallest absolute Gasteiger partial charge is 0.224 e. The van der Waals surface area contributed by atoms with Gasteiger partial charge >= 0.3 is 0 Å². The molecule has 0 aliphatic rings. The highest BCUT2D eigenvalue weighted by Gasteiger charge is 2.19. The Bertz CT molecular complexity index is 732. The van der Waals surface area contributed by atoms with Gasteiger partial charge in [0, 0.05) is 11.4 Å². The molecule has 124 valence electrons. The van der Waals surface area contributed by atoms with Gasteiger partial charge in [-0.05, 0) is 41.3 Å². The number of methoxy groups -OCH3 is 1. The maximum atomic E-state index is 12.3. The van der Waals surface area contributed by atoms with Crippen molar-refractivity contribution in [1.29, 1.82) is 0 Å². The second-order valence-corrected chi connectivity index (χ2v) is 6.40. The highest BCUT2D eigenvalue weighted by molar-refractivity contribution is 7.10. The van der Waals surface area contributed by atoms with E-state index in [4.69, 9.17) is 9.15 Å². The summed E-state index contributed by atoms with van der Waals surface area (Å²) in [4.78, 5) is 13.4. The second-order valence-electron chi connectivity index (χ2n) is 5.42. The Morgan fingerprint density at radius 2 is 2.17 bits per heavy atom. The molecule has 1 atom stereocenters. The number of benzene rings is 1. The second kappa shape index (κ2) is 7.84. The number of hydrogen-bond acceptors (Lipinski definition) is 4. The molecule has 0 aliphatic heterocycles. The number of carbonyl (C=O) groups is 1. The molecule has 1 amide bonds. The topological polar surface area (TPSA) is 51.5 Å². The summed E-state index contributed by atoms with van der Waals surface area (Å²) in [6, 6.07) is 15.4. The lowest BCUT2D eigenvalue weighted by molar-refractivity contribution is -0.120. The van der Waals surface area contributed by atoms with Crippen LogP contribution in [-0.4, -0.2) is 19.6 Å². The molecule has 4 nitrogen and oxygen atoms in total. The molecule has 2 aromatic heterocycles. The average Bonchev–Trinajstić information content (AvgIpc) is 3.29. The van der Waals surface area contributed by atoms with Crippen LogP contribution in [0.3, 0.4) is 0 Å². The van der Waals surface area contributed by atoms with E-state index in [9.17, 15) is 4.79 Å². The van der Waals surface area contributed by atoms with E-state index in [-0.39, 0.29) is 11.8 Å². The van der Waals surface area contributed by atoms with Crippen molar-refractivity contribution in [2.75, 3.05) is 13.7 Å². The van der Waals surface area contributed by atoms with Crippen LogP contribution in [0.5, 0.6) is 5.75 Å². The molecule has 2 heterocycles. The normalized spacial score (nSPS) is 11.9. The first-order chi connectivity index (χ1) is 11.8. The molecule has 3 aromatic rings. The standard InChI is InChI=1S/C19H19NO3S/c1-22-15-6-2-5-14(11-15)12-19(21)20-13-16(17-7-3-9-23-17)18-8-4-10-24-18/h2-11,16H,12-13H2,1H3,(H,20,21). The van der Waals surface area contributed by atoms with Gasteiger partial charge in [-0.15, -0.1) is 11.3 Å². The van der Waals surface area contributed by atoms with E-state index in [1.54, 1.807) is 24.7 Å². The molecule has 1 N–H and O–H groups in total. The van der Waals surface area contributed by atoms with E-state index in [1.165, 1.54) is 4.88 Å². The van der Waals surface area contributed by atoms with Crippen molar-refractivity contribution in [3.8, 4) is 5.75 Å². The van der Waals surface area contributed by atoms with Crippen LogP contribution >= 0.6 is 11.3 Å². The van der Waals surface area contributed by atoms with Crippen LogP contribution in [-0.2, 0) is 11.2 Å². The number of hydrogen-bond donors (Lipinski definition) is 1. The molecule has 0 bridgehead atoms. The molecule has 0 saturated carbocycles. The minimum Gasteiger partial charge on any atom is -0.497 e. The van der Waals surface area contributed by atoms with Crippen molar-refractivity contribution in [2.24, 2.45) is 0 Å². The van der Waals surface area contributed by atoms with Crippen molar-refractivity contribution in [3.63, 3.8) is 0 Å². The molecular weight excluding hydrogens is 322 g/mol. The molecule has 1 aromatic carbocycles. The van der Waals surface area contributed by atoms with Gasteiger partial charge in [-0.1, -0.05) is 18.2 Å². The van der Waals surface area contributed by atoms with E-state index in [2.05, 4.69) is 11.4 Å². The third-order valence-corrected chi connectivity index (χ3v) is 4.76. The summed E-state index contributed by atoms with van der Waals surface area (Å²) in [6.45, 7) is 0.511. The first-order valence-corrected chi connectivity index (χ1v) is 8.60. The quantitative estimate of drug-likeness (QED) is 0.710. The molecule has 0 aliphatic carbocycles. The van der Waals surface area contributed by atoms with Gasteiger partial charge in [-0.3, -0.25) is 4.79 Å². The monoisotopic (exact) mass is 341 g/mol. The van der Waals surface area contributed by atoms with Crippen molar-refractivity contribution < 1.29 is 13.9 Å². The number of carbonyl (C=O) groups excluding carboxylic acids is 1. The number of ether oxygens (including phenoxy) is 1. The molecular formula is C19H19NO3S. The summed E-state index contributed by atoms with van der Waals surface area (Å²) >= 11 is 1.66. The van der Waals surface area contributed by atoms with E-state index < -0.39 is 0 Å². The third-order valence-electron chi connectivity index (χ3n) is 3.78. The van der Waals surface area contributed by atoms with Gasteiger partial charge in [0.25, 0.3) is 0 Å². The predicted octanol–water partition coefficient (Wildman–Crippen LogP) is 3.84. The highest BCUT2D eigenvalue weighted by atomic mass is 32.1. The molecule has 0 spiro atoms. The Morgan fingerprint density at radius 1 is 1.25 bits per heavy atom. The van der Waals surface area contributed by atoms with Crippen LogP contribution < -0.4 is 10.1 Å². The fourth-order valence-corrected chi connectivity index (χ4v) is 3.40. The van der Waals surface area contributed by atoms with E-state index in [1.807, 2.05) is 47.8 Å². The maximum absolute atomic E-state index is 12.3. The Balaban J connectivity index is 1.63. The van der Waals surface area contributed by atoms with Crippen LogP contribution in [0.15, 0.2) is 64.6 Å². The summed E-state index contributed by atoms with van der Waals surface area (Å²) < 4.78 is 10.7. The lowest BCUT2D eigenvalue weighted by Gasteiger charge is -2.14. The SMILES string of the molecule is COc1cccc(CC(=O)NCC(c2ccco2)c2cccs2)c1. The zero-order valence-electron chi connectivity index (χ0n) is 13.4. The Labute approximate surface area is 145 Å². The molecule has 0 fully saturated rings.